The van der Waals surface area contributed by atoms with E-state index in [0.717, 1.165) is 54.4 Å². The van der Waals surface area contributed by atoms with Gasteiger partial charge in [-0.2, -0.15) is 0 Å². The van der Waals surface area contributed by atoms with Crippen LogP contribution < -0.4 is 4.74 Å². The summed E-state index contributed by atoms with van der Waals surface area (Å²) in [5, 5.41) is 12.1. The van der Waals surface area contributed by atoms with Gasteiger partial charge in [-0.05, 0) is 86.2 Å². The van der Waals surface area contributed by atoms with Gasteiger partial charge in [-0.3, -0.25) is 14.7 Å². The number of likely N-dealkylation sites (tertiary alicyclic amines) is 1. The van der Waals surface area contributed by atoms with Crippen molar-refractivity contribution in [2.45, 2.75) is 25.7 Å². The number of nitrogens with zero attached hydrogens (tertiary/aromatic N) is 2. The molecule has 3 aromatic rings. The van der Waals surface area contributed by atoms with Crippen molar-refractivity contribution in [2.24, 2.45) is 11.8 Å². The van der Waals surface area contributed by atoms with Crippen LogP contribution in [0.2, 0.25) is 10.0 Å². The van der Waals surface area contributed by atoms with Crippen LogP contribution in [-0.4, -0.2) is 47.7 Å². The second kappa shape index (κ2) is 11.8. The maximum atomic E-state index is 12.0. The minimum absolute atomic E-state index is 0.158. The van der Waals surface area contributed by atoms with Crippen LogP contribution in [0, 0.1) is 23.7 Å². The highest BCUT2D eigenvalue weighted by molar-refractivity contribution is 6.34. The molecule has 1 saturated heterocycles. The number of piperidine rings is 1. The number of aliphatic carboxylic acids is 1. The van der Waals surface area contributed by atoms with E-state index in [1.807, 2.05) is 30.5 Å². The molecule has 2 atom stereocenters. The zero-order valence-corrected chi connectivity index (χ0v) is 21.1. The van der Waals surface area contributed by atoms with Gasteiger partial charge in [-0.15, -0.1) is 0 Å². The Labute approximate surface area is 216 Å². The van der Waals surface area contributed by atoms with Crippen molar-refractivity contribution in [3.8, 4) is 17.6 Å². The summed E-state index contributed by atoms with van der Waals surface area (Å²) in [4.78, 5) is 18.6. The van der Waals surface area contributed by atoms with Crippen LogP contribution in [0.4, 0.5) is 0 Å². The lowest BCUT2D eigenvalue weighted by Crippen LogP contribution is -2.44. The number of fused-ring (bicyclic) bond motifs is 1. The van der Waals surface area contributed by atoms with Crippen molar-refractivity contribution in [1.29, 1.82) is 0 Å². The molecule has 182 valence electrons. The Morgan fingerprint density at radius 2 is 2.00 bits per heavy atom. The summed E-state index contributed by atoms with van der Waals surface area (Å²) >= 11 is 12.1. The Morgan fingerprint density at radius 3 is 2.74 bits per heavy atom. The highest BCUT2D eigenvalue weighted by Crippen LogP contribution is 2.30. The topological polar surface area (TPSA) is 62.7 Å². The fraction of sp³-hybridized carbons (Fsp3) is 0.357. The molecule has 1 aromatic heterocycles. The smallest absolute Gasteiger partial charge is 0.308 e. The van der Waals surface area contributed by atoms with Crippen LogP contribution in [0.3, 0.4) is 0 Å². The van der Waals surface area contributed by atoms with Gasteiger partial charge in [0.15, 0.2) is 0 Å². The van der Waals surface area contributed by atoms with Gasteiger partial charge >= 0.3 is 5.97 Å². The van der Waals surface area contributed by atoms with Gasteiger partial charge in [0, 0.05) is 33.7 Å². The highest BCUT2D eigenvalue weighted by Gasteiger charge is 2.33. The molecule has 0 unspecified atom stereocenters. The monoisotopic (exact) mass is 510 g/mol. The summed E-state index contributed by atoms with van der Waals surface area (Å²) in [5.74, 6) is 6.08. The molecule has 0 radical (unpaired) electrons. The number of rotatable bonds is 7. The molecule has 0 spiro atoms. The summed E-state index contributed by atoms with van der Waals surface area (Å²) in [7, 11) is 1.66. The first-order valence-electron chi connectivity index (χ1n) is 11.7. The molecule has 0 saturated carbocycles. The predicted octanol–water partition coefficient (Wildman–Crippen LogP) is 5.95. The third-order valence-corrected chi connectivity index (χ3v) is 7.05. The number of hydrogen-bond donors (Lipinski definition) is 1. The standard InChI is InChI=1S/C28H28Cl2N2O3/c1-35-24-7-8-27-25(17-24)20(9-11-31-27)5-2-6-21-10-13-32(18-26(21)28(33)34)12-3-4-19-14-22(29)16-23(30)15-19/h7-9,11,14-17,21,26H,2,5-6,10,12-13,18H2,1H3,(H,33,34)/t21-,26+/m1/s1. The number of pyridine rings is 1. The molecule has 1 N–H and O–H groups in total. The number of carboxylic acids is 1. The fourth-order valence-electron chi connectivity index (χ4n) is 4.80. The molecular weight excluding hydrogens is 483 g/mol. The molecule has 5 nitrogen and oxygen atoms in total. The van der Waals surface area contributed by atoms with Gasteiger partial charge in [-0.25, -0.2) is 0 Å². The van der Waals surface area contributed by atoms with E-state index < -0.39 is 5.97 Å². The van der Waals surface area contributed by atoms with Crippen LogP contribution >= 0.6 is 23.2 Å². The van der Waals surface area contributed by atoms with Crippen LogP contribution in [0.25, 0.3) is 10.9 Å². The van der Waals surface area contributed by atoms with E-state index in [4.69, 9.17) is 27.9 Å². The van der Waals surface area contributed by atoms with E-state index >= 15 is 0 Å². The Kier molecular flexibility index (Phi) is 8.51. The lowest BCUT2D eigenvalue weighted by Gasteiger charge is -2.35. The van der Waals surface area contributed by atoms with Crippen LogP contribution in [0.5, 0.6) is 5.75 Å². The van der Waals surface area contributed by atoms with Crippen molar-refractivity contribution < 1.29 is 14.6 Å². The van der Waals surface area contributed by atoms with Crippen molar-refractivity contribution >= 4 is 40.1 Å². The molecule has 4 rings (SSSR count). The lowest BCUT2D eigenvalue weighted by molar-refractivity contribution is -0.146. The molecule has 0 aliphatic carbocycles. The normalized spacial score (nSPS) is 18.1. The Hall–Kier alpha value is -2.78. The highest BCUT2D eigenvalue weighted by atomic mass is 35.5. The second-order valence-electron chi connectivity index (χ2n) is 8.93. The maximum absolute atomic E-state index is 12.0. The number of halogens is 2. The number of ether oxygens (including phenoxy) is 1. The number of carboxylic acid groups (broad SMARTS) is 1. The van der Waals surface area contributed by atoms with E-state index in [1.54, 1.807) is 25.3 Å². The average Bonchev–Trinajstić information content (AvgIpc) is 2.84. The molecule has 1 fully saturated rings. The van der Waals surface area contributed by atoms with Crippen molar-refractivity contribution in [1.82, 2.24) is 9.88 Å². The van der Waals surface area contributed by atoms with E-state index in [9.17, 15) is 9.90 Å². The first-order valence-corrected chi connectivity index (χ1v) is 12.5. The maximum Gasteiger partial charge on any atom is 0.308 e. The van der Waals surface area contributed by atoms with Crippen molar-refractivity contribution in [3.05, 3.63) is 69.8 Å². The molecular formula is C28H28Cl2N2O3. The lowest BCUT2D eigenvalue weighted by atomic mass is 9.81. The molecule has 0 bridgehead atoms. The van der Waals surface area contributed by atoms with Crippen molar-refractivity contribution in [2.75, 3.05) is 26.7 Å². The third-order valence-electron chi connectivity index (χ3n) is 6.62. The molecule has 1 aliphatic rings. The minimum Gasteiger partial charge on any atom is -0.497 e. The van der Waals surface area contributed by atoms with Gasteiger partial charge in [0.25, 0.3) is 0 Å². The molecule has 2 aromatic carbocycles. The number of carbonyl (C=O) groups is 1. The Balaban J connectivity index is 1.34. The number of hydrogen-bond acceptors (Lipinski definition) is 4. The van der Waals surface area contributed by atoms with Gasteiger partial charge in [0.1, 0.15) is 5.75 Å². The average molecular weight is 511 g/mol. The first kappa shape index (κ1) is 25.3. The molecule has 2 heterocycles. The van der Waals surface area contributed by atoms with Crippen LogP contribution in [0.1, 0.15) is 30.4 Å². The van der Waals surface area contributed by atoms with Crippen LogP contribution in [0.15, 0.2) is 48.7 Å². The summed E-state index contributed by atoms with van der Waals surface area (Å²) in [6.45, 7) is 1.88. The number of benzene rings is 2. The summed E-state index contributed by atoms with van der Waals surface area (Å²) in [5.41, 5.74) is 2.92. The predicted molar refractivity (Wildman–Crippen MR) is 140 cm³/mol. The minimum atomic E-state index is -0.728. The quantitative estimate of drug-likeness (QED) is 0.398. The van der Waals surface area contributed by atoms with Gasteiger partial charge in [-0.1, -0.05) is 35.0 Å². The van der Waals surface area contributed by atoms with E-state index in [1.165, 1.54) is 5.56 Å². The zero-order valence-electron chi connectivity index (χ0n) is 19.6. The zero-order chi connectivity index (χ0) is 24.8. The molecule has 1 aliphatic heterocycles. The summed E-state index contributed by atoms with van der Waals surface area (Å²) in [6.07, 6.45) is 5.38. The SMILES string of the molecule is COc1ccc2nccc(CCC[C@@H]3CCN(CC#Cc4cc(Cl)cc(Cl)c4)C[C@@H]3C(=O)O)c2c1. The first-order chi connectivity index (χ1) is 16.9. The van der Waals surface area contributed by atoms with Crippen molar-refractivity contribution in [3.63, 3.8) is 0 Å². The molecule has 7 heteroatoms. The molecule has 0 amide bonds. The van der Waals surface area contributed by atoms with Gasteiger partial charge in [0.05, 0.1) is 25.1 Å². The van der Waals surface area contributed by atoms with E-state index in [2.05, 4.69) is 21.7 Å². The largest absolute Gasteiger partial charge is 0.497 e. The summed E-state index contributed by atoms with van der Waals surface area (Å²) < 4.78 is 5.37. The third kappa shape index (κ3) is 6.67. The number of methoxy groups -OCH3 is 1. The van der Waals surface area contributed by atoms with Gasteiger partial charge < -0.3 is 9.84 Å². The number of aryl methyl sites for hydroxylation is 1. The van der Waals surface area contributed by atoms with Crippen LogP contribution in [-0.2, 0) is 11.2 Å². The number of aromatic nitrogens is 1. The van der Waals surface area contributed by atoms with Gasteiger partial charge in [0.2, 0.25) is 0 Å². The fourth-order valence-corrected chi connectivity index (χ4v) is 5.32. The van der Waals surface area contributed by atoms with E-state index in [-0.39, 0.29) is 11.8 Å². The van der Waals surface area contributed by atoms with E-state index in [0.29, 0.717) is 23.1 Å². The summed E-state index contributed by atoms with van der Waals surface area (Å²) in [6, 6.07) is 13.2. The molecule has 35 heavy (non-hydrogen) atoms. The second-order valence-corrected chi connectivity index (χ2v) is 9.81. The Morgan fingerprint density at radius 1 is 1.20 bits per heavy atom. The Bertz CT molecular complexity index is 1250.